The summed E-state index contributed by atoms with van der Waals surface area (Å²) in [5.74, 6) is 0.882. The highest BCUT2D eigenvalue weighted by atomic mass is 35.5. The van der Waals surface area contributed by atoms with E-state index in [1.165, 1.54) is 0 Å². The standard InChI is InChI=1S/C12H19Cl2N5/c1-18-3-4-19(2)8(7-18)6-16-12-10(14)5-9(13)11(15)17-12/h5,8H,3-4,6-7H2,1-2H3,(H3,15,16,17). The Kier molecular flexibility index (Phi) is 4.73. The second-order valence-corrected chi connectivity index (χ2v) is 5.78. The second-order valence-electron chi connectivity index (χ2n) is 4.96. The third-order valence-electron chi connectivity index (χ3n) is 3.44. The summed E-state index contributed by atoms with van der Waals surface area (Å²) >= 11 is 12.0. The van der Waals surface area contributed by atoms with Gasteiger partial charge in [-0.3, -0.25) is 4.90 Å². The second kappa shape index (κ2) is 6.13. The van der Waals surface area contributed by atoms with Crippen LogP contribution in [0.1, 0.15) is 0 Å². The van der Waals surface area contributed by atoms with Crippen molar-refractivity contribution in [3.8, 4) is 0 Å². The molecule has 1 fully saturated rings. The Morgan fingerprint density at radius 1 is 1.37 bits per heavy atom. The van der Waals surface area contributed by atoms with Crippen LogP contribution in [-0.2, 0) is 0 Å². The molecule has 0 aliphatic carbocycles. The van der Waals surface area contributed by atoms with Crippen molar-refractivity contribution < 1.29 is 0 Å². The fourth-order valence-electron chi connectivity index (χ4n) is 2.14. The van der Waals surface area contributed by atoms with Gasteiger partial charge in [0.25, 0.3) is 0 Å². The van der Waals surface area contributed by atoms with Gasteiger partial charge in [0.2, 0.25) is 0 Å². The van der Waals surface area contributed by atoms with Gasteiger partial charge in [0, 0.05) is 32.2 Å². The van der Waals surface area contributed by atoms with Crippen LogP contribution < -0.4 is 11.1 Å². The first-order valence-corrected chi connectivity index (χ1v) is 6.97. The largest absolute Gasteiger partial charge is 0.382 e. The predicted octanol–water partition coefficient (Wildman–Crippen LogP) is 1.63. The minimum atomic E-state index is 0.294. The normalized spacial score (nSPS) is 21.6. The summed E-state index contributed by atoms with van der Waals surface area (Å²) < 4.78 is 0. The fourth-order valence-corrected chi connectivity index (χ4v) is 2.57. The quantitative estimate of drug-likeness (QED) is 0.889. The molecule has 0 aromatic carbocycles. The van der Waals surface area contributed by atoms with Gasteiger partial charge in [0.15, 0.2) is 0 Å². The van der Waals surface area contributed by atoms with Gasteiger partial charge in [-0.25, -0.2) is 4.98 Å². The van der Waals surface area contributed by atoms with E-state index in [0.29, 0.717) is 27.7 Å². The van der Waals surface area contributed by atoms with Crippen molar-refractivity contribution in [2.45, 2.75) is 6.04 Å². The number of halogens is 2. The summed E-state index contributed by atoms with van der Waals surface area (Å²) in [6.07, 6.45) is 0. The number of nitrogens with zero attached hydrogens (tertiary/aromatic N) is 3. The molecule has 0 amide bonds. The Morgan fingerprint density at radius 2 is 2.11 bits per heavy atom. The average Bonchev–Trinajstić information content (AvgIpc) is 2.36. The van der Waals surface area contributed by atoms with E-state index < -0.39 is 0 Å². The van der Waals surface area contributed by atoms with Gasteiger partial charge >= 0.3 is 0 Å². The molecule has 0 radical (unpaired) electrons. The lowest BCUT2D eigenvalue weighted by atomic mass is 10.2. The molecule has 1 atom stereocenters. The SMILES string of the molecule is CN1CCN(C)C(CNc2nc(N)c(Cl)cc2Cl)C1. The van der Waals surface area contributed by atoms with Crippen LogP contribution in [0.25, 0.3) is 0 Å². The molecule has 106 valence electrons. The van der Waals surface area contributed by atoms with Crippen molar-refractivity contribution in [2.75, 3.05) is 51.3 Å². The van der Waals surface area contributed by atoms with Crippen LogP contribution in [0.15, 0.2) is 6.07 Å². The van der Waals surface area contributed by atoms with Gasteiger partial charge in [-0.2, -0.15) is 0 Å². The number of rotatable bonds is 3. The molecule has 5 nitrogen and oxygen atoms in total. The fraction of sp³-hybridized carbons (Fsp3) is 0.583. The zero-order chi connectivity index (χ0) is 14.0. The molecular formula is C12H19Cl2N5. The highest BCUT2D eigenvalue weighted by Crippen LogP contribution is 2.27. The maximum atomic E-state index is 6.10. The number of nitrogens with two attached hydrogens (primary N) is 1. The molecule has 3 N–H and O–H groups in total. The first-order chi connectivity index (χ1) is 8.97. The summed E-state index contributed by atoms with van der Waals surface area (Å²) in [6, 6.07) is 2.04. The van der Waals surface area contributed by atoms with E-state index in [1.54, 1.807) is 6.07 Å². The average molecular weight is 304 g/mol. The minimum Gasteiger partial charge on any atom is -0.382 e. The van der Waals surface area contributed by atoms with E-state index in [1.807, 2.05) is 0 Å². The monoisotopic (exact) mass is 303 g/mol. The summed E-state index contributed by atoms with van der Waals surface area (Å²) in [5, 5.41) is 4.12. The number of piperazine rings is 1. The highest BCUT2D eigenvalue weighted by molar-refractivity contribution is 6.37. The van der Waals surface area contributed by atoms with Gasteiger partial charge in [-0.1, -0.05) is 23.2 Å². The molecule has 1 aromatic rings. The Bertz CT molecular complexity index is 454. The number of pyridine rings is 1. The van der Waals surface area contributed by atoms with Crippen LogP contribution in [-0.4, -0.2) is 61.1 Å². The Balaban J connectivity index is 2.00. The Morgan fingerprint density at radius 3 is 2.84 bits per heavy atom. The van der Waals surface area contributed by atoms with Crippen LogP contribution in [0.2, 0.25) is 10.0 Å². The van der Waals surface area contributed by atoms with Crippen molar-refractivity contribution >= 4 is 34.8 Å². The predicted molar refractivity (Wildman–Crippen MR) is 81.1 cm³/mol. The Labute approximate surface area is 123 Å². The van der Waals surface area contributed by atoms with E-state index >= 15 is 0 Å². The van der Waals surface area contributed by atoms with E-state index in [9.17, 15) is 0 Å². The van der Waals surface area contributed by atoms with Crippen molar-refractivity contribution in [1.29, 1.82) is 0 Å². The van der Waals surface area contributed by atoms with Gasteiger partial charge in [0.1, 0.15) is 11.6 Å². The number of hydrogen-bond acceptors (Lipinski definition) is 5. The molecule has 2 heterocycles. The zero-order valence-electron chi connectivity index (χ0n) is 11.2. The third-order valence-corrected chi connectivity index (χ3v) is 4.03. The minimum absolute atomic E-state index is 0.294. The lowest BCUT2D eigenvalue weighted by molar-refractivity contribution is 0.122. The molecule has 0 saturated carbocycles. The number of likely N-dealkylation sites (N-methyl/N-ethyl adjacent to an activating group) is 2. The van der Waals surface area contributed by atoms with Gasteiger partial charge in [0.05, 0.1) is 10.0 Å². The van der Waals surface area contributed by atoms with Crippen molar-refractivity contribution in [3.63, 3.8) is 0 Å². The van der Waals surface area contributed by atoms with E-state index in [-0.39, 0.29) is 0 Å². The number of nitrogen functional groups attached to an aromatic ring is 1. The first-order valence-electron chi connectivity index (χ1n) is 6.21. The topological polar surface area (TPSA) is 57.4 Å². The molecule has 0 spiro atoms. The molecule has 0 bridgehead atoms. The molecule has 1 unspecified atom stereocenters. The van der Waals surface area contributed by atoms with Crippen molar-refractivity contribution in [1.82, 2.24) is 14.8 Å². The number of aromatic nitrogens is 1. The van der Waals surface area contributed by atoms with Crippen LogP contribution in [0.5, 0.6) is 0 Å². The van der Waals surface area contributed by atoms with Crippen LogP contribution >= 0.6 is 23.2 Å². The first kappa shape index (κ1) is 14.7. The maximum absolute atomic E-state index is 6.10. The molecule has 1 aliphatic rings. The van der Waals surface area contributed by atoms with Gasteiger partial charge in [-0.15, -0.1) is 0 Å². The maximum Gasteiger partial charge on any atom is 0.147 e. The lowest BCUT2D eigenvalue weighted by Crippen LogP contribution is -2.52. The summed E-state index contributed by atoms with van der Waals surface area (Å²) in [7, 11) is 4.26. The third kappa shape index (κ3) is 3.63. The smallest absolute Gasteiger partial charge is 0.147 e. The molecule has 1 aromatic heterocycles. The van der Waals surface area contributed by atoms with Crippen LogP contribution in [0, 0.1) is 0 Å². The highest BCUT2D eigenvalue weighted by Gasteiger charge is 2.22. The molecule has 2 rings (SSSR count). The lowest BCUT2D eigenvalue weighted by Gasteiger charge is -2.37. The molecular weight excluding hydrogens is 285 g/mol. The summed E-state index contributed by atoms with van der Waals surface area (Å²) in [4.78, 5) is 8.82. The molecule has 1 aliphatic heterocycles. The van der Waals surface area contributed by atoms with Crippen molar-refractivity contribution in [3.05, 3.63) is 16.1 Å². The summed E-state index contributed by atoms with van der Waals surface area (Å²) in [5.41, 5.74) is 5.69. The summed E-state index contributed by atoms with van der Waals surface area (Å²) in [6.45, 7) is 3.95. The number of anilines is 2. The van der Waals surface area contributed by atoms with Gasteiger partial charge in [-0.05, 0) is 20.2 Å². The Hall–Kier alpha value is -0.750. The van der Waals surface area contributed by atoms with E-state index in [0.717, 1.165) is 26.2 Å². The van der Waals surface area contributed by atoms with E-state index in [2.05, 4.69) is 34.2 Å². The molecule has 7 heteroatoms. The van der Waals surface area contributed by atoms with Gasteiger partial charge < -0.3 is 16.0 Å². The van der Waals surface area contributed by atoms with E-state index in [4.69, 9.17) is 28.9 Å². The molecule has 19 heavy (non-hydrogen) atoms. The van der Waals surface area contributed by atoms with Crippen LogP contribution in [0.3, 0.4) is 0 Å². The number of hydrogen-bond donors (Lipinski definition) is 2. The zero-order valence-corrected chi connectivity index (χ0v) is 12.7. The molecule has 1 saturated heterocycles. The van der Waals surface area contributed by atoms with Crippen LogP contribution in [0.4, 0.5) is 11.6 Å². The number of nitrogens with one attached hydrogen (secondary N) is 1. The van der Waals surface area contributed by atoms with Crippen molar-refractivity contribution in [2.24, 2.45) is 0 Å².